The Balaban J connectivity index is 1.60. The van der Waals surface area contributed by atoms with Crippen molar-refractivity contribution >= 4 is 49.2 Å². The average Bonchev–Trinajstić information content (AvgIpc) is 3.31. The molecule has 0 spiro atoms. The van der Waals surface area contributed by atoms with Gasteiger partial charge in [-0.25, -0.2) is 14.8 Å². The van der Waals surface area contributed by atoms with Gasteiger partial charge in [-0.15, -0.1) is 10.2 Å². The first-order valence-corrected chi connectivity index (χ1v) is 10.1. The third-order valence-electron chi connectivity index (χ3n) is 4.92. The molecule has 2 N–H and O–H groups in total. The summed E-state index contributed by atoms with van der Waals surface area (Å²) in [7, 11) is 1.73. The molecule has 0 aliphatic carbocycles. The van der Waals surface area contributed by atoms with Gasteiger partial charge in [0.2, 0.25) is 11.0 Å². The molecule has 31 heavy (non-hydrogen) atoms. The molecular weight excluding hydrogens is 414 g/mol. The van der Waals surface area contributed by atoms with Crippen molar-refractivity contribution in [2.45, 2.75) is 0 Å². The number of benzene rings is 2. The normalized spacial score (nSPS) is 11.6. The summed E-state index contributed by atoms with van der Waals surface area (Å²) in [4.78, 5) is 19.9. The molecule has 5 aromatic rings. The monoisotopic (exact) mass is 429 g/mol. The number of hydrogen-bond donors (Lipinski definition) is 2. The summed E-state index contributed by atoms with van der Waals surface area (Å²) in [6, 6.07) is 18.0. The highest BCUT2D eigenvalue weighted by Crippen LogP contribution is 2.41. The Morgan fingerprint density at radius 1 is 1.03 bits per heavy atom. The lowest BCUT2D eigenvalue weighted by molar-refractivity contribution is 0.0690. The topological polar surface area (TPSA) is 113 Å². The number of carboxylic acid groups (broad SMARTS) is 1. The number of aromatic nitrogens is 3. The number of carbonyl (C=O) groups is 1. The van der Waals surface area contributed by atoms with Crippen LogP contribution < -0.4 is 0 Å². The van der Waals surface area contributed by atoms with Crippen molar-refractivity contribution in [3.05, 3.63) is 66.4 Å². The Kier molecular flexibility index (Phi) is 4.45. The van der Waals surface area contributed by atoms with Crippen molar-refractivity contribution in [2.24, 2.45) is 17.3 Å². The minimum absolute atomic E-state index is 0.0238. The highest BCUT2D eigenvalue weighted by molar-refractivity contribution is 7.21. The molecule has 0 saturated heterocycles. The number of para-hydroxylation sites is 1. The zero-order valence-electron chi connectivity index (χ0n) is 16.2. The SMILES string of the molecule is Cn1c(O)c(N=Nc2nc3ccccc3s2)c2cc(-c3cccc(C(=O)O)n3)ccc21. The lowest BCUT2D eigenvalue weighted by Gasteiger charge is -2.03. The van der Waals surface area contributed by atoms with Gasteiger partial charge in [0.05, 0.1) is 21.4 Å². The number of pyridine rings is 1. The van der Waals surface area contributed by atoms with Gasteiger partial charge in [-0.05, 0) is 36.4 Å². The lowest BCUT2D eigenvalue weighted by atomic mass is 10.1. The van der Waals surface area contributed by atoms with E-state index < -0.39 is 5.97 Å². The zero-order valence-corrected chi connectivity index (χ0v) is 17.0. The van der Waals surface area contributed by atoms with Gasteiger partial charge >= 0.3 is 5.97 Å². The second-order valence-electron chi connectivity index (χ2n) is 6.84. The van der Waals surface area contributed by atoms with Crippen LogP contribution >= 0.6 is 11.3 Å². The third kappa shape index (κ3) is 3.30. The zero-order chi connectivity index (χ0) is 21.5. The number of aromatic carboxylic acids is 1. The molecule has 0 radical (unpaired) electrons. The van der Waals surface area contributed by atoms with E-state index in [4.69, 9.17) is 0 Å². The van der Waals surface area contributed by atoms with Gasteiger partial charge in [0, 0.05) is 18.0 Å². The molecular formula is C22H15N5O3S. The van der Waals surface area contributed by atoms with Crippen LogP contribution in [0.2, 0.25) is 0 Å². The molecule has 0 amide bonds. The molecule has 5 rings (SSSR count). The van der Waals surface area contributed by atoms with Gasteiger partial charge in [-0.1, -0.05) is 35.6 Å². The summed E-state index contributed by atoms with van der Waals surface area (Å²) in [5.41, 5.74) is 3.10. The van der Waals surface area contributed by atoms with E-state index in [9.17, 15) is 15.0 Å². The van der Waals surface area contributed by atoms with Gasteiger partial charge in [0.15, 0.2) is 5.69 Å². The van der Waals surface area contributed by atoms with Gasteiger partial charge < -0.3 is 14.8 Å². The quantitative estimate of drug-likeness (QED) is 0.357. The van der Waals surface area contributed by atoms with E-state index in [0.29, 0.717) is 27.5 Å². The van der Waals surface area contributed by atoms with E-state index in [1.807, 2.05) is 42.5 Å². The van der Waals surface area contributed by atoms with Gasteiger partial charge in [-0.2, -0.15) is 0 Å². The number of aromatic hydroxyl groups is 1. The fourth-order valence-corrected chi connectivity index (χ4v) is 4.17. The van der Waals surface area contributed by atoms with Crippen LogP contribution in [0.25, 0.3) is 32.4 Å². The maximum atomic E-state index is 11.3. The lowest BCUT2D eigenvalue weighted by Crippen LogP contribution is -2.00. The summed E-state index contributed by atoms with van der Waals surface area (Å²) in [6.45, 7) is 0. The van der Waals surface area contributed by atoms with Crippen molar-refractivity contribution in [3.8, 4) is 17.1 Å². The first-order valence-electron chi connectivity index (χ1n) is 9.31. The predicted molar refractivity (Wildman–Crippen MR) is 119 cm³/mol. The van der Waals surface area contributed by atoms with Crippen molar-refractivity contribution < 1.29 is 15.0 Å². The summed E-state index contributed by atoms with van der Waals surface area (Å²) in [6.07, 6.45) is 0. The average molecular weight is 429 g/mol. The minimum Gasteiger partial charge on any atom is -0.493 e. The molecule has 3 aromatic heterocycles. The van der Waals surface area contributed by atoms with Crippen LogP contribution in [0, 0.1) is 0 Å². The van der Waals surface area contributed by atoms with Gasteiger partial charge in [0.25, 0.3) is 0 Å². The van der Waals surface area contributed by atoms with Crippen molar-refractivity contribution in [1.82, 2.24) is 14.5 Å². The van der Waals surface area contributed by atoms with Gasteiger partial charge in [0.1, 0.15) is 5.69 Å². The molecule has 0 fully saturated rings. The number of hydrogen-bond acceptors (Lipinski definition) is 7. The smallest absolute Gasteiger partial charge is 0.354 e. The summed E-state index contributed by atoms with van der Waals surface area (Å²) in [5, 5.41) is 29.5. The Bertz CT molecular complexity index is 1470. The van der Waals surface area contributed by atoms with Crippen molar-refractivity contribution in [1.29, 1.82) is 0 Å². The minimum atomic E-state index is -1.09. The molecule has 0 bridgehead atoms. The van der Waals surface area contributed by atoms with Crippen molar-refractivity contribution in [2.75, 3.05) is 0 Å². The molecule has 0 atom stereocenters. The summed E-state index contributed by atoms with van der Waals surface area (Å²) >= 11 is 1.41. The highest BCUT2D eigenvalue weighted by Gasteiger charge is 2.16. The number of rotatable bonds is 4. The standard InChI is InChI=1S/C22H15N5O3S/c1-27-17-10-9-12(14-6-4-7-16(23-14)21(29)30)11-13(17)19(20(27)28)25-26-22-24-15-5-2-3-8-18(15)31-22/h2-11,28H,1H3,(H,29,30). The second kappa shape index (κ2) is 7.29. The Morgan fingerprint density at radius 3 is 2.68 bits per heavy atom. The molecule has 0 aliphatic heterocycles. The fourth-order valence-electron chi connectivity index (χ4n) is 3.38. The van der Waals surface area contributed by atoms with E-state index >= 15 is 0 Å². The van der Waals surface area contributed by atoms with E-state index in [1.165, 1.54) is 17.4 Å². The summed E-state index contributed by atoms with van der Waals surface area (Å²) < 4.78 is 2.62. The van der Waals surface area contributed by atoms with Crippen LogP contribution in [0.5, 0.6) is 5.88 Å². The largest absolute Gasteiger partial charge is 0.493 e. The molecule has 9 heteroatoms. The number of azo groups is 1. The Morgan fingerprint density at radius 2 is 1.87 bits per heavy atom. The van der Waals surface area contributed by atoms with Crippen LogP contribution in [0.4, 0.5) is 10.8 Å². The molecule has 152 valence electrons. The van der Waals surface area contributed by atoms with Crippen LogP contribution in [-0.2, 0) is 7.05 Å². The summed E-state index contributed by atoms with van der Waals surface area (Å²) in [5.74, 6) is -1.12. The fraction of sp³-hybridized carbons (Fsp3) is 0.0455. The maximum absolute atomic E-state index is 11.3. The van der Waals surface area contributed by atoms with E-state index in [2.05, 4.69) is 20.2 Å². The van der Waals surface area contributed by atoms with E-state index in [1.54, 1.807) is 23.7 Å². The van der Waals surface area contributed by atoms with E-state index in [-0.39, 0.29) is 11.6 Å². The van der Waals surface area contributed by atoms with Crippen LogP contribution in [-0.4, -0.2) is 30.7 Å². The van der Waals surface area contributed by atoms with Crippen LogP contribution in [0.3, 0.4) is 0 Å². The Hall–Kier alpha value is -4.11. The number of fused-ring (bicyclic) bond motifs is 2. The molecule has 8 nitrogen and oxygen atoms in total. The van der Waals surface area contributed by atoms with E-state index in [0.717, 1.165) is 15.7 Å². The number of aryl methyl sites for hydroxylation is 1. The Labute approximate surface area is 179 Å². The first kappa shape index (κ1) is 18.9. The van der Waals surface area contributed by atoms with Crippen LogP contribution in [0.1, 0.15) is 10.5 Å². The number of nitrogens with zero attached hydrogens (tertiary/aromatic N) is 5. The van der Waals surface area contributed by atoms with Crippen molar-refractivity contribution in [3.63, 3.8) is 0 Å². The molecule has 2 aromatic carbocycles. The number of thiazole rings is 1. The molecule has 0 saturated carbocycles. The second-order valence-corrected chi connectivity index (χ2v) is 7.85. The van der Waals surface area contributed by atoms with Crippen LogP contribution in [0.15, 0.2) is 70.9 Å². The molecule has 0 aliphatic rings. The highest BCUT2D eigenvalue weighted by atomic mass is 32.1. The molecule has 0 unspecified atom stereocenters. The van der Waals surface area contributed by atoms with Gasteiger partial charge in [-0.3, -0.25) is 0 Å². The molecule has 3 heterocycles. The third-order valence-corrected chi connectivity index (χ3v) is 5.85. The maximum Gasteiger partial charge on any atom is 0.354 e. The first-order chi connectivity index (χ1) is 15.0. The number of carboxylic acids is 1. The predicted octanol–water partition coefficient (Wildman–Crippen LogP) is 5.67.